The van der Waals surface area contributed by atoms with Crippen LogP contribution < -0.4 is 11.1 Å². The van der Waals surface area contributed by atoms with Crippen molar-refractivity contribution in [3.05, 3.63) is 47.0 Å². The van der Waals surface area contributed by atoms with Crippen LogP contribution in [0.5, 0.6) is 0 Å². The minimum atomic E-state index is -0.384. The van der Waals surface area contributed by atoms with Crippen LogP contribution in [-0.4, -0.2) is 24.1 Å². The molecule has 1 unspecified atom stereocenters. The summed E-state index contributed by atoms with van der Waals surface area (Å²) >= 11 is 1.41. The van der Waals surface area contributed by atoms with Crippen molar-refractivity contribution in [2.24, 2.45) is 0 Å². The molecule has 1 heterocycles. The van der Waals surface area contributed by atoms with Crippen molar-refractivity contribution in [1.82, 2.24) is 10.3 Å². The molecule has 0 amide bonds. The molecule has 5 nitrogen and oxygen atoms in total. The normalized spacial score (nSPS) is 12.1. The second-order valence-corrected chi connectivity index (χ2v) is 5.46. The number of benzene rings is 1. The summed E-state index contributed by atoms with van der Waals surface area (Å²) in [5.41, 5.74) is 6.67. The number of thiazole rings is 1. The molecule has 0 aliphatic rings. The zero-order valence-electron chi connectivity index (χ0n) is 11.2. The van der Waals surface area contributed by atoms with Crippen molar-refractivity contribution in [3.63, 3.8) is 0 Å². The SMILES string of the molecule is COC(=O)C(Cc1ccccc1)NCc1cnc(N)s1. The minimum absolute atomic E-state index is 0.272. The number of nitrogens with zero attached hydrogens (tertiary/aromatic N) is 1. The predicted octanol–water partition coefficient (Wildman–Crippen LogP) is 1.60. The van der Waals surface area contributed by atoms with E-state index in [1.807, 2.05) is 30.3 Å². The highest BCUT2D eigenvalue weighted by molar-refractivity contribution is 7.15. The Hall–Kier alpha value is -1.92. The molecular weight excluding hydrogens is 274 g/mol. The number of anilines is 1. The lowest BCUT2D eigenvalue weighted by molar-refractivity contribution is -0.143. The van der Waals surface area contributed by atoms with Crippen LogP contribution in [-0.2, 0) is 22.5 Å². The molecule has 106 valence electrons. The summed E-state index contributed by atoms with van der Waals surface area (Å²) in [5.74, 6) is -0.272. The third-order valence-corrected chi connectivity index (χ3v) is 3.69. The van der Waals surface area contributed by atoms with E-state index in [4.69, 9.17) is 10.5 Å². The topological polar surface area (TPSA) is 77.2 Å². The Morgan fingerprint density at radius 2 is 2.20 bits per heavy atom. The van der Waals surface area contributed by atoms with E-state index < -0.39 is 0 Å². The van der Waals surface area contributed by atoms with E-state index in [2.05, 4.69) is 10.3 Å². The van der Waals surface area contributed by atoms with E-state index in [1.165, 1.54) is 18.4 Å². The van der Waals surface area contributed by atoms with E-state index >= 15 is 0 Å². The summed E-state index contributed by atoms with van der Waals surface area (Å²) in [6.45, 7) is 0.543. The summed E-state index contributed by atoms with van der Waals surface area (Å²) in [4.78, 5) is 16.8. The number of aromatic nitrogens is 1. The lowest BCUT2D eigenvalue weighted by atomic mass is 10.1. The van der Waals surface area contributed by atoms with Crippen LogP contribution in [0, 0.1) is 0 Å². The number of ether oxygens (including phenoxy) is 1. The highest BCUT2D eigenvalue weighted by atomic mass is 32.1. The molecular formula is C14H17N3O2S. The summed E-state index contributed by atoms with van der Waals surface area (Å²) in [5, 5.41) is 3.72. The average Bonchev–Trinajstić information content (AvgIpc) is 2.89. The number of hydrogen-bond acceptors (Lipinski definition) is 6. The molecule has 0 aliphatic heterocycles. The lowest BCUT2D eigenvalue weighted by Gasteiger charge is -2.16. The first-order valence-corrected chi connectivity index (χ1v) is 7.06. The number of carbonyl (C=O) groups is 1. The van der Waals surface area contributed by atoms with Gasteiger partial charge in [0.05, 0.1) is 7.11 Å². The van der Waals surface area contributed by atoms with Gasteiger partial charge in [0.1, 0.15) is 6.04 Å². The largest absolute Gasteiger partial charge is 0.468 e. The van der Waals surface area contributed by atoms with Gasteiger partial charge in [0.15, 0.2) is 5.13 Å². The number of nitrogen functional groups attached to an aromatic ring is 1. The second-order valence-electron chi connectivity index (χ2n) is 4.31. The number of esters is 1. The number of methoxy groups -OCH3 is 1. The van der Waals surface area contributed by atoms with E-state index in [9.17, 15) is 4.79 Å². The van der Waals surface area contributed by atoms with Gasteiger partial charge in [-0.3, -0.25) is 10.1 Å². The van der Waals surface area contributed by atoms with Gasteiger partial charge in [-0.15, -0.1) is 11.3 Å². The van der Waals surface area contributed by atoms with E-state index in [0.29, 0.717) is 18.1 Å². The maximum absolute atomic E-state index is 11.8. The molecule has 0 radical (unpaired) electrons. The molecule has 1 aromatic carbocycles. The van der Waals surface area contributed by atoms with Crippen molar-refractivity contribution >= 4 is 22.4 Å². The number of rotatable bonds is 6. The van der Waals surface area contributed by atoms with Crippen LogP contribution in [0.3, 0.4) is 0 Å². The van der Waals surface area contributed by atoms with Crippen LogP contribution in [0.2, 0.25) is 0 Å². The van der Waals surface area contributed by atoms with Gasteiger partial charge >= 0.3 is 5.97 Å². The van der Waals surface area contributed by atoms with Crippen molar-refractivity contribution < 1.29 is 9.53 Å². The Morgan fingerprint density at radius 1 is 1.45 bits per heavy atom. The van der Waals surface area contributed by atoms with Gasteiger partial charge in [0.25, 0.3) is 0 Å². The van der Waals surface area contributed by atoms with Gasteiger partial charge in [-0.2, -0.15) is 0 Å². The molecule has 2 rings (SSSR count). The van der Waals surface area contributed by atoms with Crippen molar-refractivity contribution in [3.8, 4) is 0 Å². The summed E-state index contributed by atoms with van der Waals surface area (Å²) in [7, 11) is 1.40. The zero-order valence-corrected chi connectivity index (χ0v) is 12.0. The van der Waals surface area contributed by atoms with E-state index in [1.54, 1.807) is 6.20 Å². The molecule has 0 saturated heterocycles. The third-order valence-electron chi connectivity index (χ3n) is 2.86. The summed E-state index contributed by atoms with van der Waals surface area (Å²) < 4.78 is 4.84. The fourth-order valence-electron chi connectivity index (χ4n) is 1.86. The average molecular weight is 291 g/mol. The van der Waals surface area contributed by atoms with Gasteiger partial charge in [0, 0.05) is 17.6 Å². The molecule has 0 spiro atoms. The van der Waals surface area contributed by atoms with Crippen molar-refractivity contribution in [2.75, 3.05) is 12.8 Å². The van der Waals surface area contributed by atoms with Crippen LogP contribution in [0.25, 0.3) is 0 Å². The fourth-order valence-corrected chi connectivity index (χ4v) is 2.49. The van der Waals surface area contributed by atoms with Crippen molar-refractivity contribution in [1.29, 1.82) is 0 Å². The standard InChI is InChI=1S/C14H17N3O2S/c1-19-13(18)12(7-10-5-3-2-4-6-10)16-8-11-9-17-14(15)20-11/h2-6,9,12,16H,7-8H2,1H3,(H2,15,17). The van der Waals surface area contributed by atoms with E-state index in [-0.39, 0.29) is 12.0 Å². The van der Waals surface area contributed by atoms with Crippen LogP contribution in [0.15, 0.2) is 36.5 Å². The number of nitrogens with two attached hydrogens (primary N) is 1. The first kappa shape index (κ1) is 14.5. The Kier molecular flexibility index (Phi) is 5.09. The van der Waals surface area contributed by atoms with Gasteiger partial charge < -0.3 is 10.5 Å². The highest BCUT2D eigenvalue weighted by Gasteiger charge is 2.19. The molecule has 0 fully saturated rings. The summed E-state index contributed by atoms with van der Waals surface area (Å²) in [6.07, 6.45) is 2.30. The predicted molar refractivity (Wildman–Crippen MR) is 79.3 cm³/mol. The Morgan fingerprint density at radius 3 is 2.80 bits per heavy atom. The molecule has 6 heteroatoms. The molecule has 1 atom stereocenters. The van der Waals surface area contributed by atoms with Crippen molar-refractivity contribution in [2.45, 2.75) is 19.0 Å². The van der Waals surface area contributed by atoms with Gasteiger partial charge in [-0.05, 0) is 12.0 Å². The van der Waals surface area contributed by atoms with Crippen LogP contribution >= 0.6 is 11.3 Å². The number of nitrogens with one attached hydrogen (secondary N) is 1. The monoisotopic (exact) mass is 291 g/mol. The van der Waals surface area contributed by atoms with Gasteiger partial charge in [-0.25, -0.2) is 4.98 Å². The minimum Gasteiger partial charge on any atom is -0.468 e. The molecule has 1 aromatic heterocycles. The maximum Gasteiger partial charge on any atom is 0.323 e. The Labute approximate surface area is 121 Å². The quantitative estimate of drug-likeness (QED) is 0.791. The van der Waals surface area contributed by atoms with Gasteiger partial charge in [-0.1, -0.05) is 30.3 Å². The second kappa shape index (κ2) is 7.02. The maximum atomic E-state index is 11.8. The molecule has 20 heavy (non-hydrogen) atoms. The molecule has 0 aliphatic carbocycles. The molecule has 0 saturated carbocycles. The first-order valence-electron chi connectivity index (χ1n) is 6.24. The molecule has 0 bridgehead atoms. The Balaban J connectivity index is 1.98. The lowest BCUT2D eigenvalue weighted by Crippen LogP contribution is -2.38. The third kappa shape index (κ3) is 4.04. The van der Waals surface area contributed by atoms with Gasteiger partial charge in [0.2, 0.25) is 0 Å². The highest BCUT2D eigenvalue weighted by Crippen LogP contribution is 2.14. The molecule has 3 N–H and O–H groups in total. The zero-order chi connectivity index (χ0) is 14.4. The fraction of sp³-hybridized carbons (Fsp3) is 0.286. The Bertz CT molecular complexity index is 557. The van der Waals surface area contributed by atoms with E-state index in [0.717, 1.165) is 10.4 Å². The first-order chi connectivity index (χ1) is 9.69. The smallest absolute Gasteiger partial charge is 0.323 e. The van der Waals surface area contributed by atoms with Crippen LogP contribution in [0.1, 0.15) is 10.4 Å². The number of hydrogen-bond donors (Lipinski definition) is 2. The van der Waals surface area contributed by atoms with Crippen LogP contribution in [0.4, 0.5) is 5.13 Å². The molecule has 2 aromatic rings. The summed E-state index contributed by atoms with van der Waals surface area (Å²) in [6, 6.07) is 9.45. The number of carbonyl (C=O) groups excluding carboxylic acids is 1.